The quantitative estimate of drug-likeness (QED) is 0.212. The van der Waals surface area contributed by atoms with E-state index in [1.807, 2.05) is 18.6 Å². The van der Waals surface area contributed by atoms with E-state index in [0.29, 0.717) is 0 Å². The maximum absolute atomic E-state index is 4.85. The number of hydrogen-bond donors (Lipinski definition) is 1. The van der Waals surface area contributed by atoms with Gasteiger partial charge in [0.1, 0.15) is 0 Å². The summed E-state index contributed by atoms with van der Waals surface area (Å²) < 4.78 is 2.31. The summed E-state index contributed by atoms with van der Waals surface area (Å²) in [7, 11) is 0. The molecule has 1 atom stereocenters. The second kappa shape index (κ2) is 10.3. The van der Waals surface area contributed by atoms with Crippen molar-refractivity contribution in [2.45, 2.75) is 6.04 Å². The zero-order chi connectivity index (χ0) is 29.7. The lowest BCUT2D eigenvalue weighted by atomic mass is 9.96. The monoisotopic (exact) mass is 576 g/mol. The van der Waals surface area contributed by atoms with Crippen molar-refractivity contribution in [2.24, 2.45) is 0 Å². The van der Waals surface area contributed by atoms with Gasteiger partial charge in [0, 0.05) is 46.8 Å². The molecule has 1 aliphatic rings. The number of allylic oxidation sites excluding steroid dienone is 2. The third-order valence-electron chi connectivity index (χ3n) is 9.00. The molecule has 9 rings (SSSR count). The number of benzene rings is 5. The molecule has 0 fully saturated rings. The van der Waals surface area contributed by atoms with Crippen molar-refractivity contribution >= 4 is 48.9 Å². The van der Waals surface area contributed by atoms with E-state index in [9.17, 15) is 0 Å². The van der Waals surface area contributed by atoms with Gasteiger partial charge in [0.25, 0.3) is 0 Å². The maximum Gasteiger partial charge on any atom is 0.0868 e. The Morgan fingerprint density at radius 3 is 2.18 bits per heavy atom. The number of para-hydroxylation sites is 1. The SMILES string of the molecule is C1=CC(c2ccc(-c3ccc(-n4c5ccccc5c5cnccc54)cc3)cn2)NC=C1c1ccc2c(ccc3ccccc32)c1. The summed E-state index contributed by atoms with van der Waals surface area (Å²) in [6, 6.07) is 43.3. The van der Waals surface area contributed by atoms with E-state index < -0.39 is 0 Å². The van der Waals surface area contributed by atoms with Crippen molar-refractivity contribution in [3.63, 3.8) is 0 Å². The Balaban J connectivity index is 0.941. The molecule has 4 heterocycles. The van der Waals surface area contributed by atoms with Crippen molar-refractivity contribution in [2.75, 3.05) is 0 Å². The minimum Gasteiger partial charge on any atom is -0.379 e. The lowest BCUT2D eigenvalue weighted by Crippen LogP contribution is -2.17. The van der Waals surface area contributed by atoms with Crippen LogP contribution in [0.25, 0.3) is 65.7 Å². The lowest BCUT2D eigenvalue weighted by molar-refractivity contribution is 0.724. The van der Waals surface area contributed by atoms with E-state index in [0.717, 1.165) is 39.0 Å². The molecular weight excluding hydrogens is 548 g/mol. The van der Waals surface area contributed by atoms with Crippen molar-refractivity contribution in [1.29, 1.82) is 0 Å². The van der Waals surface area contributed by atoms with Gasteiger partial charge >= 0.3 is 0 Å². The molecule has 212 valence electrons. The summed E-state index contributed by atoms with van der Waals surface area (Å²) in [5.74, 6) is 0. The zero-order valence-corrected chi connectivity index (χ0v) is 24.4. The third kappa shape index (κ3) is 4.30. The highest BCUT2D eigenvalue weighted by Crippen LogP contribution is 2.33. The predicted molar refractivity (Wildman–Crippen MR) is 186 cm³/mol. The van der Waals surface area contributed by atoms with Gasteiger partial charge < -0.3 is 9.88 Å². The normalized spacial score (nSPS) is 14.7. The molecular formula is C41H28N4. The van der Waals surface area contributed by atoms with E-state index in [1.165, 1.54) is 38.0 Å². The molecule has 1 aliphatic heterocycles. The first-order chi connectivity index (χ1) is 22.3. The van der Waals surface area contributed by atoms with Gasteiger partial charge in [-0.1, -0.05) is 97.1 Å². The molecule has 1 unspecified atom stereocenters. The fourth-order valence-corrected chi connectivity index (χ4v) is 6.70. The lowest BCUT2D eigenvalue weighted by Gasteiger charge is -2.19. The highest BCUT2D eigenvalue weighted by Gasteiger charge is 2.15. The summed E-state index contributed by atoms with van der Waals surface area (Å²) >= 11 is 0. The summed E-state index contributed by atoms with van der Waals surface area (Å²) in [5.41, 5.74) is 9.05. The van der Waals surface area contributed by atoms with Gasteiger partial charge in [0.05, 0.1) is 22.8 Å². The number of rotatable bonds is 4. The molecule has 1 N–H and O–H groups in total. The van der Waals surface area contributed by atoms with E-state index in [2.05, 4.69) is 155 Å². The van der Waals surface area contributed by atoms with Crippen LogP contribution in [0.3, 0.4) is 0 Å². The van der Waals surface area contributed by atoms with Crippen LogP contribution >= 0.6 is 0 Å². The molecule has 0 radical (unpaired) electrons. The Bertz CT molecular complexity index is 2390. The second-order valence-electron chi connectivity index (χ2n) is 11.6. The second-order valence-corrected chi connectivity index (χ2v) is 11.6. The van der Waals surface area contributed by atoms with Crippen LogP contribution in [-0.4, -0.2) is 14.5 Å². The third-order valence-corrected chi connectivity index (χ3v) is 9.00. The van der Waals surface area contributed by atoms with E-state index >= 15 is 0 Å². The molecule has 4 heteroatoms. The largest absolute Gasteiger partial charge is 0.379 e. The van der Waals surface area contributed by atoms with E-state index in [-0.39, 0.29) is 6.04 Å². The van der Waals surface area contributed by atoms with Crippen molar-refractivity contribution in [1.82, 2.24) is 19.9 Å². The molecule has 0 spiro atoms. The standard InChI is InChI=1S/C41H28N4/c1-2-6-34-28(5-1)9-10-30-23-29(13-18-35(30)34)32-15-20-39(44-25-32)38-19-14-31(24-43-38)27-11-16-33(17-12-27)45-40-8-4-3-7-36(40)37-26-42-22-21-41(37)45/h1-26,39,44H. The molecule has 0 amide bonds. The van der Waals surface area contributed by atoms with Crippen LogP contribution in [0.2, 0.25) is 0 Å². The fraction of sp³-hybridized carbons (Fsp3) is 0.0244. The zero-order valence-electron chi connectivity index (χ0n) is 24.4. The van der Waals surface area contributed by atoms with Crippen LogP contribution in [0.1, 0.15) is 17.3 Å². The van der Waals surface area contributed by atoms with Gasteiger partial charge in [-0.05, 0) is 74.6 Å². The number of nitrogens with one attached hydrogen (secondary N) is 1. The molecule has 0 saturated carbocycles. The molecule has 0 aliphatic carbocycles. The van der Waals surface area contributed by atoms with Gasteiger partial charge in [-0.3, -0.25) is 9.97 Å². The van der Waals surface area contributed by atoms with Crippen molar-refractivity contribution < 1.29 is 0 Å². The average molecular weight is 577 g/mol. The number of hydrogen-bond acceptors (Lipinski definition) is 3. The molecule has 45 heavy (non-hydrogen) atoms. The van der Waals surface area contributed by atoms with E-state index in [4.69, 9.17) is 4.98 Å². The maximum atomic E-state index is 4.85. The highest BCUT2D eigenvalue weighted by molar-refractivity contribution is 6.09. The van der Waals surface area contributed by atoms with Crippen molar-refractivity contribution in [3.8, 4) is 16.8 Å². The van der Waals surface area contributed by atoms with Crippen molar-refractivity contribution in [3.05, 3.63) is 170 Å². The Labute approximate surface area is 260 Å². The van der Waals surface area contributed by atoms with E-state index in [1.54, 1.807) is 0 Å². The average Bonchev–Trinajstić information content (AvgIpc) is 3.46. The van der Waals surface area contributed by atoms with Gasteiger partial charge in [-0.15, -0.1) is 0 Å². The molecule has 5 aromatic carbocycles. The van der Waals surface area contributed by atoms with Gasteiger partial charge in [-0.25, -0.2) is 0 Å². The van der Waals surface area contributed by atoms with Gasteiger partial charge in [0.2, 0.25) is 0 Å². The first kappa shape index (κ1) is 25.5. The minimum atomic E-state index is 0.0272. The number of aromatic nitrogens is 3. The van der Waals surface area contributed by atoms with Gasteiger partial charge in [0.15, 0.2) is 0 Å². The Morgan fingerprint density at radius 1 is 0.578 bits per heavy atom. The summed E-state index contributed by atoms with van der Waals surface area (Å²) in [5, 5.41) is 11.0. The number of nitrogens with zero attached hydrogens (tertiary/aromatic N) is 3. The molecule has 4 nitrogen and oxygen atoms in total. The Hall–Kier alpha value is -6.00. The van der Waals surface area contributed by atoms with Crippen LogP contribution in [0.4, 0.5) is 0 Å². The Morgan fingerprint density at radius 2 is 1.33 bits per heavy atom. The van der Waals surface area contributed by atoms with Crippen LogP contribution in [0.5, 0.6) is 0 Å². The summed E-state index contributed by atoms with van der Waals surface area (Å²) in [6.07, 6.45) is 12.3. The number of dihydropyridines is 1. The summed E-state index contributed by atoms with van der Waals surface area (Å²) in [6.45, 7) is 0. The Kier molecular flexibility index (Phi) is 5.85. The first-order valence-electron chi connectivity index (χ1n) is 15.3. The molecule has 0 bridgehead atoms. The smallest absolute Gasteiger partial charge is 0.0868 e. The first-order valence-corrected chi connectivity index (χ1v) is 15.3. The topological polar surface area (TPSA) is 42.7 Å². The van der Waals surface area contributed by atoms with Crippen LogP contribution in [0.15, 0.2) is 158 Å². The van der Waals surface area contributed by atoms with Crippen LogP contribution in [-0.2, 0) is 0 Å². The van der Waals surface area contributed by atoms with Gasteiger partial charge in [-0.2, -0.15) is 0 Å². The predicted octanol–water partition coefficient (Wildman–Crippen LogP) is 9.79. The molecule has 3 aromatic heterocycles. The molecule has 0 saturated heterocycles. The summed E-state index contributed by atoms with van der Waals surface area (Å²) in [4.78, 5) is 9.21. The highest BCUT2D eigenvalue weighted by atomic mass is 15.0. The number of pyridine rings is 2. The minimum absolute atomic E-state index is 0.0272. The molecule has 8 aromatic rings. The fourth-order valence-electron chi connectivity index (χ4n) is 6.70. The van der Waals surface area contributed by atoms with Crippen LogP contribution in [0, 0.1) is 0 Å². The number of fused-ring (bicyclic) bond motifs is 6. The van der Waals surface area contributed by atoms with Crippen LogP contribution < -0.4 is 5.32 Å².